The Kier molecular flexibility index (Phi) is 13.2. The zero-order valence-corrected chi connectivity index (χ0v) is 33.1. The minimum atomic E-state index is -0.940. The summed E-state index contributed by atoms with van der Waals surface area (Å²) in [6.45, 7) is 0.612. The smallest absolute Gasteiger partial charge is 0.336 e. The number of pyridine rings is 3. The fourth-order valence-electron chi connectivity index (χ4n) is 5.77. The summed E-state index contributed by atoms with van der Waals surface area (Å²) in [6.07, 6.45) is 6.51. The molecule has 1 aliphatic heterocycles. The highest BCUT2D eigenvalue weighted by molar-refractivity contribution is 14.1. The molecule has 7 rings (SSSR count). The number of carbonyl (C=O) groups excluding carboxylic acids is 2. The van der Waals surface area contributed by atoms with Crippen LogP contribution in [0.25, 0.3) is 32.7 Å². The molecular weight excluding hydrogens is 956 g/mol. The van der Waals surface area contributed by atoms with Crippen LogP contribution in [0, 0.1) is 18.5 Å². The molecule has 52 heavy (non-hydrogen) atoms. The maximum atomic E-state index is 12.6. The number of likely N-dealkylation sites (tertiary alicyclic amines) is 1. The Morgan fingerprint density at radius 3 is 1.75 bits per heavy atom. The van der Waals surface area contributed by atoms with Gasteiger partial charge in [0.1, 0.15) is 6.04 Å². The number of benzene rings is 3. The number of ketones is 1. The van der Waals surface area contributed by atoms with Crippen LogP contribution in [0.15, 0.2) is 95.9 Å². The van der Waals surface area contributed by atoms with E-state index in [4.69, 9.17) is 15.5 Å². The zero-order chi connectivity index (χ0) is 37.4. The number of carboxylic acid groups (broad SMARTS) is 2. The lowest BCUT2D eigenvalue weighted by molar-refractivity contribution is -0.131. The van der Waals surface area contributed by atoms with Gasteiger partial charge in [0.05, 0.1) is 33.7 Å². The number of fused-ring (bicyclic) bond motifs is 3. The van der Waals surface area contributed by atoms with Crippen LogP contribution in [-0.2, 0) is 4.79 Å². The van der Waals surface area contributed by atoms with Gasteiger partial charge in [-0.15, -0.1) is 0 Å². The summed E-state index contributed by atoms with van der Waals surface area (Å²) >= 11 is 7.62. The number of rotatable bonds is 6. The summed E-state index contributed by atoms with van der Waals surface area (Å²) in [5.74, 6) is -2.03. The second kappa shape index (κ2) is 17.8. The van der Waals surface area contributed by atoms with Gasteiger partial charge >= 0.3 is 11.9 Å². The van der Waals surface area contributed by atoms with E-state index >= 15 is 0 Å². The van der Waals surface area contributed by atoms with E-state index in [1.54, 1.807) is 29.3 Å². The molecule has 11 nitrogen and oxygen atoms in total. The van der Waals surface area contributed by atoms with Crippen molar-refractivity contribution >= 4 is 117 Å². The first kappa shape index (κ1) is 38.6. The predicted molar refractivity (Wildman–Crippen MR) is 216 cm³/mol. The van der Waals surface area contributed by atoms with E-state index in [9.17, 15) is 19.2 Å². The average Bonchev–Trinajstić information content (AvgIpc) is 3.63. The Morgan fingerprint density at radius 2 is 1.21 bits per heavy atom. The highest BCUT2D eigenvalue weighted by Crippen LogP contribution is 2.27. The standard InChI is InChI=1S/C18H16IN3O2.C10H6BrNO2.C10H6INO2/c19-14-4-1-5-15-18(14)13(8-9-21-15)16(23)6-7-17(24)22-10-2-3-12(22)11-20;2*11-7-2-1-3-8-9(7)6(10(13)14)4-5-12-8/h1,4-5,8-9,12H,2-3,6-7,10H2;2*1-5H,(H,13,14)/t12-;;/m0../s1. The highest BCUT2D eigenvalue weighted by atomic mass is 127. The number of aromatic carboxylic acids is 2. The van der Waals surface area contributed by atoms with Crippen LogP contribution in [0.1, 0.15) is 56.8 Å². The highest BCUT2D eigenvalue weighted by Gasteiger charge is 2.28. The van der Waals surface area contributed by atoms with Crippen molar-refractivity contribution in [3.63, 3.8) is 0 Å². The number of carboxylic acids is 2. The third-order valence-electron chi connectivity index (χ3n) is 8.20. The van der Waals surface area contributed by atoms with Gasteiger partial charge in [0.2, 0.25) is 5.91 Å². The number of nitriles is 1. The van der Waals surface area contributed by atoms with Crippen molar-refractivity contribution in [3.8, 4) is 6.07 Å². The maximum absolute atomic E-state index is 12.6. The lowest BCUT2D eigenvalue weighted by Gasteiger charge is -2.19. The fraction of sp³-hybridized carbons (Fsp3) is 0.158. The Hall–Kier alpha value is -4.60. The summed E-state index contributed by atoms with van der Waals surface area (Å²) < 4.78 is 2.63. The molecule has 1 atom stereocenters. The first-order valence-corrected chi connectivity index (χ1v) is 18.8. The zero-order valence-electron chi connectivity index (χ0n) is 27.2. The second-order valence-electron chi connectivity index (χ2n) is 11.4. The van der Waals surface area contributed by atoms with Gasteiger partial charge in [-0.3, -0.25) is 24.5 Å². The van der Waals surface area contributed by atoms with Crippen LogP contribution in [-0.4, -0.2) is 66.3 Å². The molecular formula is C38H28BrI2N5O6. The van der Waals surface area contributed by atoms with Crippen LogP contribution < -0.4 is 0 Å². The lowest BCUT2D eigenvalue weighted by atomic mass is 10.0. The number of hydrogen-bond donors (Lipinski definition) is 2. The van der Waals surface area contributed by atoms with Crippen molar-refractivity contribution in [1.82, 2.24) is 19.9 Å². The Labute approximate surface area is 333 Å². The topological polar surface area (TPSA) is 174 Å². The van der Waals surface area contributed by atoms with E-state index in [0.717, 1.165) is 40.9 Å². The summed E-state index contributed by atoms with van der Waals surface area (Å²) in [4.78, 5) is 60.9. The molecule has 4 heterocycles. The van der Waals surface area contributed by atoms with E-state index in [0.29, 0.717) is 34.0 Å². The molecule has 1 saturated heterocycles. The van der Waals surface area contributed by atoms with Gasteiger partial charge in [-0.1, -0.05) is 34.1 Å². The second-order valence-corrected chi connectivity index (χ2v) is 14.6. The van der Waals surface area contributed by atoms with Crippen LogP contribution in [0.2, 0.25) is 0 Å². The van der Waals surface area contributed by atoms with Crippen molar-refractivity contribution < 1.29 is 29.4 Å². The lowest BCUT2D eigenvalue weighted by Crippen LogP contribution is -2.34. The first-order chi connectivity index (χ1) is 25.0. The predicted octanol–water partition coefficient (Wildman–Crippen LogP) is 8.55. The largest absolute Gasteiger partial charge is 0.478 e. The third kappa shape index (κ3) is 8.88. The summed E-state index contributed by atoms with van der Waals surface area (Å²) in [5, 5.41) is 29.2. The minimum absolute atomic E-state index is 0.0624. The van der Waals surface area contributed by atoms with E-state index < -0.39 is 11.9 Å². The molecule has 1 fully saturated rings. The molecule has 0 spiro atoms. The Balaban J connectivity index is 0.000000160. The van der Waals surface area contributed by atoms with Gasteiger partial charge in [-0.2, -0.15) is 5.26 Å². The fourth-order valence-corrected chi connectivity index (χ4v) is 7.89. The molecule has 1 amide bonds. The van der Waals surface area contributed by atoms with Crippen LogP contribution in [0.5, 0.6) is 0 Å². The van der Waals surface area contributed by atoms with Gasteiger partial charge in [0, 0.05) is 71.3 Å². The van der Waals surface area contributed by atoms with Gasteiger partial charge in [0.15, 0.2) is 5.78 Å². The molecule has 3 aromatic heterocycles. The number of aromatic nitrogens is 3. The van der Waals surface area contributed by atoms with E-state index in [-0.39, 0.29) is 36.1 Å². The van der Waals surface area contributed by atoms with Crippen molar-refractivity contribution in [1.29, 1.82) is 5.26 Å². The molecule has 2 N–H and O–H groups in total. The number of halogens is 3. The molecule has 3 aromatic carbocycles. The molecule has 0 bridgehead atoms. The van der Waals surface area contributed by atoms with Crippen LogP contribution >= 0.6 is 61.1 Å². The Bertz CT molecular complexity index is 2270. The van der Waals surface area contributed by atoms with Crippen molar-refractivity contribution in [3.05, 3.63) is 120 Å². The summed E-state index contributed by atoms with van der Waals surface area (Å²) in [5.41, 5.74) is 3.36. The summed E-state index contributed by atoms with van der Waals surface area (Å²) in [6, 6.07) is 23.2. The Morgan fingerprint density at radius 1 is 0.731 bits per heavy atom. The maximum Gasteiger partial charge on any atom is 0.336 e. The normalized spacial score (nSPS) is 13.4. The van der Waals surface area contributed by atoms with Gasteiger partial charge in [-0.25, -0.2) is 9.59 Å². The van der Waals surface area contributed by atoms with Crippen molar-refractivity contribution in [2.24, 2.45) is 0 Å². The molecule has 0 radical (unpaired) electrons. The average molecular weight is 984 g/mol. The molecule has 0 saturated carbocycles. The van der Waals surface area contributed by atoms with Gasteiger partial charge in [0.25, 0.3) is 0 Å². The molecule has 1 aliphatic rings. The number of nitrogens with zero attached hydrogens (tertiary/aromatic N) is 5. The molecule has 0 aliphatic carbocycles. The monoisotopic (exact) mass is 983 g/mol. The number of carbonyl (C=O) groups is 4. The minimum Gasteiger partial charge on any atom is -0.478 e. The molecule has 0 unspecified atom stereocenters. The number of amides is 1. The molecule has 262 valence electrons. The molecule has 14 heteroatoms. The van der Waals surface area contributed by atoms with E-state index in [1.165, 1.54) is 24.5 Å². The van der Waals surface area contributed by atoms with Crippen molar-refractivity contribution in [2.45, 2.75) is 31.7 Å². The summed E-state index contributed by atoms with van der Waals surface area (Å²) in [7, 11) is 0. The van der Waals surface area contributed by atoms with E-state index in [2.05, 4.69) is 82.1 Å². The third-order valence-corrected chi connectivity index (χ3v) is 10.7. The van der Waals surface area contributed by atoms with Crippen molar-refractivity contribution in [2.75, 3.05) is 6.54 Å². The van der Waals surface area contributed by atoms with Gasteiger partial charge in [-0.05, 0) is 113 Å². The molecule has 6 aromatic rings. The quantitative estimate of drug-likeness (QED) is 0.122. The SMILES string of the molecule is N#C[C@@H]1CCCN1C(=O)CCC(=O)c1ccnc2cccc(I)c12.O=C(O)c1ccnc2cccc(Br)c12.O=C(O)c1ccnc2cccc(I)c12. The van der Waals surface area contributed by atoms with Crippen LogP contribution in [0.4, 0.5) is 0 Å². The number of Topliss-reactive ketones (excluding diaryl/α,β-unsaturated/α-hetero) is 1. The van der Waals surface area contributed by atoms with E-state index in [1.807, 2.05) is 42.5 Å². The first-order valence-electron chi connectivity index (χ1n) is 15.8. The van der Waals surface area contributed by atoms with Crippen LogP contribution in [0.3, 0.4) is 0 Å². The number of hydrogen-bond acceptors (Lipinski definition) is 8. The van der Waals surface area contributed by atoms with Gasteiger partial charge < -0.3 is 15.1 Å².